The van der Waals surface area contributed by atoms with Crippen molar-refractivity contribution in [2.75, 3.05) is 38.2 Å². The Hall–Kier alpha value is -3.50. The summed E-state index contributed by atoms with van der Waals surface area (Å²) < 4.78 is 35.8. The summed E-state index contributed by atoms with van der Waals surface area (Å²) >= 11 is 0. The van der Waals surface area contributed by atoms with E-state index in [-0.39, 0.29) is 41.2 Å². The monoisotopic (exact) mass is 489 g/mol. The highest BCUT2D eigenvalue weighted by atomic mass is 35.5. The number of anilines is 2. The number of fused-ring (bicyclic) bond motifs is 1. The first-order valence-corrected chi connectivity index (χ1v) is 10.6. The molecule has 1 fully saturated rings. The number of amides is 2. The zero-order valence-corrected chi connectivity index (χ0v) is 18.8. The molecular formula is C23H22ClF2N5O3. The lowest BCUT2D eigenvalue weighted by Gasteiger charge is -2.27. The highest BCUT2D eigenvalue weighted by molar-refractivity contribution is 6.00. The number of nitrogens with one attached hydrogen (secondary N) is 2. The van der Waals surface area contributed by atoms with E-state index in [2.05, 4.69) is 15.6 Å². The Morgan fingerprint density at radius 3 is 2.50 bits per heavy atom. The Bertz CT molecular complexity index is 1220. The number of imidazole rings is 1. The number of rotatable bonds is 4. The summed E-state index contributed by atoms with van der Waals surface area (Å²) in [5.74, 6) is -1.88. The summed E-state index contributed by atoms with van der Waals surface area (Å²) in [6, 6.07) is 10.4. The molecule has 34 heavy (non-hydrogen) atoms. The summed E-state index contributed by atoms with van der Waals surface area (Å²) in [6.07, 6.45) is 0. The SMILES string of the molecule is Cl.O=C1NCCn2c(-c3c(F)cccc3F)nc(Nc3cccc(C(=O)N4CCOCC4)c3)c21. The molecule has 178 valence electrons. The van der Waals surface area contributed by atoms with Gasteiger partial charge in [-0.25, -0.2) is 13.8 Å². The van der Waals surface area contributed by atoms with Gasteiger partial charge < -0.3 is 24.8 Å². The third kappa shape index (κ3) is 4.34. The molecule has 0 radical (unpaired) electrons. The van der Waals surface area contributed by atoms with E-state index in [0.29, 0.717) is 50.6 Å². The lowest BCUT2D eigenvalue weighted by atomic mass is 10.1. The Morgan fingerprint density at radius 2 is 1.76 bits per heavy atom. The molecule has 2 aliphatic rings. The molecule has 0 atom stereocenters. The molecule has 5 rings (SSSR count). The van der Waals surface area contributed by atoms with Crippen LogP contribution < -0.4 is 10.6 Å². The maximum absolute atomic E-state index is 14.5. The van der Waals surface area contributed by atoms with E-state index in [1.165, 1.54) is 10.6 Å². The van der Waals surface area contributed by atoms with Gasteiger partial charge >= 0.3 is 0 Å². The van der Waals surface area contributed by atoms with E-state index in [1.807, 2.05) is 0 Å². The second-order valence-corrected chi connectivity index (χ2v) is 7.75. The van der Waals surface area contributed by atoms with Gasteiger partial charge in [-0.1, -0.05) is 12.1 Å². The van der Waals surface area contributed by atoms with Gasteiger partial charge in [-0.2, -0.15) is 0 Å². The van der Waals surface area contributed by atoms with Crippen molar-refractivity contribution in [3.05, 3.63) is 65.4 Å². The summed E-state index contributed by atoms with van der Waals surface area (Å²) in [5, 5.41) is 5.79. The molecule has 2 N–H and O–H groups in total. The van der Waals surface area contributed by atoms with Crippen molar-refractivity contribution < 1.29 is 23.1 Å². The Labute approximate surface area is 200 Å². The average Bonchev–Trinajstić information content (AvgIpc) is 3.18. The standard InChI is InChI=1S/C23H21F2N5O3.ClH/c24-16-5-2-6-17(25)18(16)21-28-20(19-22(31)26-7-8-30(19)21)27-15-4-1-3-14(13-15)23(32)29-9-11-33-12-10-29;/h1-6,13,27H,7-12H2,(H,26,31);1H. The van der Waals surface area contributed by atoms with Crippen LogP contribution in [0.4, 0.5) is 20.3 Å². The quantitative estimate of drug-likeness (QED) is 0.587. The Morgan fingerprint density at radius 1 is 1.06 bits per heavy atom. The number of carbonyl (C=O) groups is 2. The van der Waals surface area contributed by atoms with Gasteiger partial charge in [-0.3, -0.25) is 9.59 Å². The van der Waals surface area contributed by atoms with E-state index < -0.39 is 17.5 Å². The molecule has 0 aliphatic carbocycles. The third-order valence-corrected chi connectivity index (χ3v) is 5.66. The number of nitrogens with zero attached hydrogens (tertiary/aromatic N) is 3. The van der Waals surface area contributed by atoms with Crippen molar-refractivity contribution in [3.8, 4) is 11.4 Å². The van der Waals surface area contributed by atoms with Crippen LogP contribution in [0.1, 0.15) is 20.8 Å². The predicted octanol–water partition coefficient (Wildman–Crippen LogP) is 3.21. The fourth-order valence-corrected chi connectivity index (χ4v) is 4.07. The molecule has 3 aromatic rings. The third-order valence-electron chi connectivity index (χ3n) is 5.66. The average molecular weight is 490 g/mol. The predicted molar refractivity (Wildman–Crippen MR) is 124 cm³/mol. The van der Waals surface area contributed by atoms with Crippen LogP contribution in [0.25, 0.3) is 11.4 Å². The molecule has 2 amide bonds. The van der Waals surface area contributed by atoms with Crippen molar-refractivity contribution >= 4 is 35.7 Å². The number of carbonyl (C=O) groups excluding carboxylic acids is 2. The van der Waals surface area contributed by atoms with Gasteiger partial charge in [0.15, 0.2) is 11.5 Å². The molecule has 0 unspecified atom stereocenters. The fourth-order valence-electron chi connectivity index (χ4n) is 4.07. The first-order chi connectivity index (χ1) is 16.0. The maximum atomic E-state index is 14.5. The lowest BCUT2D eigenvalue weighted by molar-refractivity contribution is 0.0303. The van der Waals surface area contributed by atoms with E-state index in [9.17, 15) is 18.4 Å². The van der Waals surface area contributed by atoms with Crippen molar-refractivity contribution in [3.63, 3.8) is 0 Å². The van der Waals surface area contributed by atoms with Crippen molar-refractivity contribution in [1.82, 2.24) is 19.8 Å². The van der Waals surface area contributed by atoms with E-state index in [1.54, 1.807) is 29.2 Å². The molecular weight excluding hydrogens is 468 g/mol. The first-order valence-electron chi connectivity index (χ1n) is 10.6. The normalized spacial score (nSPS) is 15.2. The number of hydrogen-bond donors (Lipinski definition) is 2. The van der Waals surface area contributed by atoms with Crippen LogP contribution >= 0.6 is 12.4 Å². The molecule has 2 aromatic carbocycles. The number of hydrogen-bond acceptors (Lipinski definition) is 5. The van der Waals surface area contributed by atoms with Crippen LogP contribution in [-0.2, 0) is 11.3 Å². The van der Waals surface area contributed by atoms with Gasteiger partial charge in [0.2, 0.25) is 0 Å². The maximum Gasteiger partial charge on any atom is 0.271 e. The molecule has 0 spiro atoms. The fraction of sp³-hybridized carbons (Fsp3) is 0.261. The van der Waals surface area contributed by atoms with Crippen LogP contribution in [0.15, 0.2) is 42.5 Å². The molecule has 0 bridgehead atoms. The van der Waals surface area contributed by atoms with E-state index in [4.69, 9.17) is 4.74 Å². The molecule has 11 heteroatoms. The van der Waals surface area contributed by atoms with Gasteiger partial charge in [-0.05, 0) is 30.3 Å². The number of benzene rings is 2. The van der Waals surface area contributed by atoms with Gasteiger partial charge in [-0.15, -0.1) is 12.4 Å². The summed E-state index contributed by atoms with van der Waals surface area (Å²) in [7, 11) is 0. The van der Waals surface area contributed by atoms with Gasteiger partial charge in [0.1, 0.15) is 17.5 Å². The molecule has 1 saturated heterocycles. The van der Waals surface area contributed by atoms with Crippen LogP contribution in [0.5, 0.6) is 0 Å². The molecule has 8 nitrogen and oxygen atoms in total. The van der Waals surface area contributed by atoms with Crippen LogP contribution in [0, 0.1) is 11.6 Å². The second-order valence-electron chi connectivity index (χ2n) is 7.75. The first kappa shape index (κ1) is 23.7. The van der Waals surface area contributed by atoms with Crippen LogP contribution in [0.3, 0.4) is 0 Å². The van der Waals surface area contributed by atoms with E-state index in [0.717, 1.165) is 12.1 Å². The van der Waals surface area contributed by atoms with Gasteiger partial charge in [0.05, 0.1) is 18.8 Å². The minimum Gasteiger partial charge on any atom is -0.378 e. The highest BCUT2D eigenvalue weighted by Gasteiger charge is 2.29. The summed E-state index contributed by atoms with van der Waals surface area (Å²) in [5.41, 5.74) is 0.871. The number of halogens is 3. The van der Waals surface area contributed by atoms with Gasteiger partial charge in [0.25, 0.3) is 11.8 Å². The smallest absolute Gasteiger partial charge is 0.271 e. The van der Waals surface area contributed by atoms with E-state index >= 15 is 0 Å². The number of morpholine rings is 1. The second kappa shape index (κ2) is 9.78. The van der Waals surface area contributed by atoms with Crippen LogP contribution in [-0.4, -0.2) is 59.1 Å². The molecule has 0 saturated carbocycles. The van der Waals surface area contributed by atoms with Crippen molar-refractivity contribution in [1.29, 1.82) is 0 Å². The topological polar surface area (TPSA) is 88.5 Å². The van der Waals surface area contributed by atoms with Gasteiger partial charge in [0, 0.05) is 37.4 Å². The number of aromatic nitrogens is 2. The Kier molecular flexibility index (Phi) is 6.80. The number of ether oxygens (including phenoxy) is 1. The lowest BCUT2D eigenvalue weighted by Crippen LogP contribution is -2.40. The molecule has 2 aliphatic heterocycles. The molecule has 1 aromatic heterocycles. The molecule has 3 heterocycles. The van der Waals surface area contributed by atoms with Crippen molar-refractivity contribution in [2.45, 2.75) is 6.54 Å². The Balaban J connectivity index is 0.00000274. The minimum absolute atomic E-state index is 0. The van der Waals surface area contributed by atoms with Crippen molar-refractivity contribution in [2.24, 2.45) is 0 Å². The zero-order chi connectivity index (χ0) is 22.9. The highest BCUT2D eigenvalue weighted by Crippen LogP contribution is 2.32. The minimum atomic E-state index is -0.765. The van der Waals surface area contributed by atoms with Crippen LogP contribution in [0.2, 0.25) is 0 Å². The summed E-state index contributed by atoms with van der Waals surface area (Å²) in [6.45, 7) is 2.65. The summed E-state index contributed by atoms with van der Waals surface area (Å²) in [4.78, 5) is 31.6. The zero-order valence-electron chi connectivity index (χ0n) is 18.0. The largest absolute Gasteiger partial charge is 0.378 e.